The summed E-state index contributed by atoms with van der Waals surface area (Å²) < 4.78 is 4.92. The van der Waals surface area contributed by atoms with Crippen molar-refractivity contribution in [2.24, 2.45) is 0 Å². The number of hydrogen-bond acceptors (Lipinski definition) is 4. The highest BCUT2D eigenvalue weighted by molar-refractivity contribution is 7.25. The first-order valence-electron chi connectivity index (χ1n) is 18.8. The number of hydrogen-bond donors (Lipinski definition) is 0. The topological polar surface area (TPSA) is 43.6 Å². The summed E-state index contributed by atoms with van der Waals surface area (Å²) in [5, 5.41) is 11.8. The molecule has 3 aromatic heterocycles. The van der Waals surface area contributed by atoms with Gasteiger partial charge in [0.05, 0.1) is 22.3 Å². The smallest absolute Gasteiger partial charge is 0.166 e. The van der Waals surface area contributed by atoms with Crippen LogP contribution >= 0.6 is 11.3 Å². The second-order valence-electron chi connectivity index (χ2n) is 14.4. The Kier molecular flexibility index (Phi) is 6.76. The Morgan fingerprint density at radius 3 is 1.73 bits per heavy atom. The molecule has 0 amide bonds. The van der Waals surface area contributed by atoms with Gasteiger partial charge in [-0.3, -0.25) is 0 Å². The highest BCUT2D eigenvalue weighted by Gasteiger charge is 2.22. The Hall–Kier alpha value is -7.21. The Morgan fingerprint density at radius 1 is 0.339 bits per heavy atom. The molecule has 3 heterocycles. The molecular formula is C51H30N4S. The van der Waals surface area contributed by atoms with Gasteiger partial charge in [-0.15, -0.1) is 11.3 Å². The molecular weight excluding hydrogens is 701 g/mol. The fourth-order valence-corrected chi connectivity index (χ4v) is 9.62. The van der Waals surface area contributed by atoms with Crippen LogP contribution in [0.1, 0.15) is 0 Å². The predicted octanol–water partition coefficient (Wildman–Crippen LogP) is 13.8. The number of benzene rings is 9. The Morgan fingerprint density at radius 2 is 0.911 bits per heavy atom. The molecule has 12 rings (SSSR count). The zero-order chi connectivity index (χ0) is 36.7. The second-order valence-corrected chi connectivity index (χ2v) is 15.5. The highest BCUT2D eigenvalue weighted by Crippen LogP contribution is 2.42. The molecule has 9 aromatic carbocycles. The predicted molar refractivity (Wildman–Crippen MR) is 236 cm³/mol. The summed E-state index contributed by atoms with van der Waals surface area (Å²) in [6, 6.07) is 65.1. The summed E-state index contributed by atoms with van der Waals surface area (Å²) in [5.41, 5.74) is 6.16. The zero-order valence-corrected chi connectivity index (χ0v) is 30.8. The van der Waals surface area contributed by atoms with Crippen molar-refractivity contribution in [3.05, 3.63) is 182 Å². The van der Waals surface area contributed by atoms with E-state index in [1.54, 1.807) is 0 Å². The van der Waals surface area contributed by atoms with Gasteiger partial charge in [0.15, 0.2) is 17.5 Å². The SMILES string of the molecule is c1ccc2cc(-c3nc(-c4ccc5sc6ccccc6c5c4)nc(-c4c(-n5c6ccccc6c6cc7ccccc7cc65)ccc5ccccc45)n3)ccc2c1. The first kappa shape index (κ1) is 31.2. The molecule has 0 saturated carbocycles. The molecule has 0 unspecified atom stereocenters. The van der Waals surface area contributed by atoms with E-state index in [1.807, 2.05) is 11.3 Å². The monoisotopic (exact) mass is 730 g/mol. The first-order chi connectivity index (χ1) is 27.7. The molecule has 0 atom stereocenters. The molecule has 0 fully saturated rings. The van der Waals surface area contributed by atoms with Crippen molar-refractivity contribution in [2.45, 2.75) is 0 Å². The molecule has 260 valence electrons. The van der Waals surface area contributed by atoms with Gasteiger partial charge in [-0.1, -0.05) is 127 Å². The molecule has 0 saturated heterocycles. The van der Waals surface area contributed by atoms with E-state index in [2.05, 4.69) is 187 Å². The van der Waals surface area contributed by atoms with Crippen LogP contribution in [0.4, 0.5) is 0 Å². The average molecular weight is 731 g/mol. The van der Waals surface area contributed by atoms with E-state index < -0.39 is 0 Å². The van der Waals surface area contributed by atoms with Crippen LogP contribution in [-0.2, 0) is 0 Å². The van der Waals surface area contributed by atoms with Crippen LogP contribution in [0.3, 0.4) is 0 Å². The largest absolute Gasteiger partial charge is 0.308 e. The maximum atomic E-state index is 5.43. The second kappa shape index (κ2) is 12.2. The number of fused-ring (bicyclic) bond motifs is 9. The molecule has 0 aliphatic carbocycles. The third-order valence-electron chi connectivity index (χ3n) is 11.2. The van der Waals surface area contributed by atoms with Gasteiger partial charge in [-0.25, -0.2) is 15.0 Å². The lowest BCUT2D eigenvalue weighted by molar-refractivity contribution is 1.07. The lowest BCUT2D eigenvalue weighted by Gasteiger charge is -2.17. The van der Waals surface area contributed by atoms with Gasteiger partial charge in [0.25, 0.3) is 0 Å². The van der Waals surface area contributed by atoms with Crippen LogP contribution < -0.4 is 0 Å². The summed E-state index contributed by atoms with van der Waals surface area (Å²) in [4.78, 5) is 16.1. The highest BCUT2D eigenvalue weighted by atomic mass is 32.1. The molecule has 0 aliphatic rings. The van der Waals surface area contributed by atoms with Gasteiger partial charge in [0.1, 0.15) is 0 Å². The summed E-state index contributed by atoms with van der Waals surface area (Å²) in [7, 11) is 0. The molecule has 0 aliphatic heterocycles. The molecule has 4 nitrogen and oxygen atoms in total. The van der Waals surface area contributed by atoms with Crippen LogP contribution in [-0.4, -0.2) is 19.5 Å². The Balaban J connectivity index is 1.18. The number of aromatic nitrogens is 4. The maximum Gasteiger partial charge on any atom is 0.166 e. The normalized spacial score (nSPS) is 11.9. The van der Waals surface area contributed by atoms with Gasteiger partial charge >= 0.3 is 0 Å². The van der Waals surface area contributed by atoms with Crippen molar-refractivity contribution in [1.82, 2.24) is 19.5 Å². The van der Waals surface area contributed by atoms with Crippen LogP contribution in [0.2, 0.25) is 0 Å². The maximum absolute atomic E-state index is 5.43. The van der Waals surface area contributed by atoms with E-state index in [9.17, 15) is 0 Å². The van der Waals surface area contributed by atoms with Crippen LogP contribution in [0.25, 0.3) is 114 Å². The van der Waals surface area contributed by atoms with Gasteiger partial charge in [-0.2, -0.15) is 0 Å². The van der Waals surface area contributed by atoms with Crippen LogP contribution in [0.15, 0.2) is 182 Å². The third kappa shape index (κ3) is 4.81. The minimum absolute atomic E-state index is 0.631. The standard InChI is InChI=1S/C51H30N4S/c1-2-13-33-27-36(22-21-31(33)11-1)49-52-50(37-24-26-47-42(29-37)40-18-8-10-20-46(40)56-47)54-51(53-49)48-38-16-6-5-12-32(38)23-25-44(48)55-43-19-9-7-17-39(43)41-28-34-14-3-4-15-35(34)30-45(41)55/h1-30H. The summed E-state index contributed by atoms with van der Waals surface area (Å²) in [6.07, 6.45) is 0. The molecule has 12 aromatic rings. The minimum atomic E-state index is 0.631. The summed E-state index contributed by atoms with van der Waals surface area (Å²) in [6.45, 7) is 0. The number of nitrogens with zero attached hydrogens (tertiary/aromatic N) is 4. The van der Waals surface area contributed by atoms with Crippen molar-refractivity contribution in [2.75, 3.05) is 0 Å². The molecule has 0 spiro atoms. The van der Waals surface area contributed by atoms with E-state index in [-0.39, 0.29) is 0 Å². The van der Waals surface area contributed by atoms with Crippen molar-refractivity contribution < 1.29 is 0 Å². The first-order valence-corrected chi connectivity index (χ1v) is 19.7. The third-order valence-corrected chi connectivity index (χ3v) is 12.3. The van der Waals surface area contributed by atoms with Crippen LogP contribution in [0, 0.1) is 0 Å². The Bertz CT molecular complexity index is 3560. The van der Waals surface area contributed by atoms with Gasteiger partial charge in [-0.05, 0) is 86.9 Å². The van der Waals surface area contributed by atoms with E-state index in [0.29, 0.717) is 17.5 Å². The van der Waals surface area contributed by atoms with Gasteiger partial charge in [0, 0.05) is 42.1 Å². The van der Waals surface area contributed by atoms with E-state index in [0.717, 1.165) is 49.6 Å². The minimum Gasteiger partial charge on any atom is -0.308 e. The molecule has 5 heteroatoms. The van der Waals surface area contributed by atoms with E-state index in [4.69, 9.17) is 15.0 Å². The van der Waals surface area contributed by atoms with Crippen LogP contribution in [0.5, 0.6) is 0 Å². The van der Waals surface area contributed by atoms with E-state index >= 15 is 0 Å². The van der Waals surface area contributed by atoms with Crippen molar-refractivity contribution in [3.63, 3.8) is 0 Å². The Labute approximate surface area is 325 Å². The summed E-state index contributed by atoms with van der Waals surface area (Å²) in [5.74, 6) is 1.91. The number of thiophene rings is 1. The zero-order valence-electron chi connectivity index (χ0n) is 30.0. The lowest BCUT2D eigenvalue weighted by Crippen LogP contribution is -2.04. The quantitative estimate of drug-likeness (QED) is 0.181. The summed E-state index contributed by atoms with van der Waals surface area (Å²) >= 11 is 1.81. The van der Waals surface area contributed by atoms with Gasteiger partial charge < -0.3 is 4.57 Å². The average Bonchev–Trinajstić information content (AvgIpc) is 3.79. The van der Waals surface area contributed by atoms with Crippen molar-refractivity contribution >= 4 is 85.6 Å². The molecule has 0 N–H and O–H groups in total. The number of rotatable bonds is 4. The molecule has 56 heavy (non-hydrogen) atoms. The lowest BCUT2D eigenvalue weighted by atomic mass is 10.0. The fraction of sp³-hybridized carbons (Fsp3) is 0. The van der Waals surface area contributed by atoms with E-state index in [1.165, 1.54) is 47.1 Å². The van der Waals surface area contributed by atoms with Crippen molar-refractivity contribution in [1.29, 1.82) is 0 Å². The molecule has 0 radical (unpaired) electrons. The number of para-hydroxylation sites is 1. The van der Waals surface area contributed by atoms with Gasteiger partial charge in [0.2, 0.25) is 0 Å². The molecule has 0 bridgehead atoms. The fourth-order valence-electron chi connectivity index (χ4n) is 8.54. The van der Waals surface area contributed by atoms with Crippen molar-refractivity contribution in [3.8, 4) is 39.9 Å².